The van der Waals surface area contributed by atoms with E-state index in [-0.39, 0.29) is 11.6 Å². The molecule has 0 aromatic heterocycles. The van der Waals surface area contributed by atoms with Gasteiger partial charge in [0.25, 0.3) is 5.69 Å². The molecule has 0 saturated heterocycles. The normalized spacial score (nSPS) is 15.0. The smallest absolute Gasteiger partial charge is 0.269 e. The summed E-state index contributed by atoms with van der Waals surface area (Å²) in [5, 5.41) is 13.8. The molecule has 0 atom stereocenters. The molecule has 1 aromatic rings. The number of nitrogens with one attached hydrogen (secondary N) is 1. The predicted octanol–water partition coefficient (Wildman–Crippen LogP) is 1.48. The molecular weight excluding hydrogens is 246 g/mol. The first kappa shape index (κ1) is 13.5. The number of nitro benzene ring substituents is 1. The van der Waals surface area contributed by atoms with Gasteiger partial charge < -0.3 is 10.2 Å². The molecule has 1 amide bonds. The number of anilines is 1. The maximum absolute atomic E-state index is 12.1. The van der Waals surface area contributed by atoms with Gasteiger partial charge in [-0.2, -0.15) is 0 Å². The summed E-state index contributed by atoms with van der Waals surface area (Å²) in [6, 6.07) is 4.73. The Balaban J connectivity index is 2.37. The third kappa shape index (κ3) is 2.90. The molecule has 19 heavy (non-hydrogen) atoms. The van der Waals surface area contributed by atoms with Crippen LogP contribution in [0.3, 0.4) is 0 Å². The number of nitrogens with zero attached hydrogens (tertiary/aromatic N) is 2. The van der Waals surface area contributed by atoms with Gasteiger partial charge in [0.15, 0.2) is 0 Å². The summed E-state index contributed by atoms with van der Waals surface area (Å²) >= 11 is 0. The lowest BCUT2D eigenvalue weighted by molar-refractivity contribution is -0.384. The van der Waals surface area contributed by atoms with Crippen molar-refractivity contribution in [3.05, 3.63) is 33.9 Å². The second-order valence-electron chi connectivity index (χ2n) is 4.57. The molecule has 1 N–H and O–H groups in total. The maximum atomic E-state index is 12.1. The van der Waals surface area contributed by atoms with Crippen LogP contribution < -0.4 is 10.2 Å². The lowest BCUT2D eigenvalue weighted by atomic mass is 10.1. The van der Waals surface area contributed by atoms with Crippen molar-refractivity contribution in [2.75, 3.05) is 25.0 Å². The number of carbonyl (C=O) groups is 1. The van der Waals surface area contributed by atoms with E-state index >= 15 is 0 Å². The monoisotopic (exact) mass is 263 g/mol. The van der Waals surface area contributed by atoms with E-state index in [4.69, 9.17) is 0 Å². The largest absolute Gasteiger partial charge is 0.318 e. The Morgan fingerprint density at radius 1 is 1.42 bits per heavy atom. The van der Waals surface area contributed by atoms with Crippen molar-refractivity contribution in [2.24, 2.45) is 0 Å². The molecule has 0 spiro atoms. The van der Waals surface area contributed by atoms with Gasteiger partial charge in [-0.05, 0) is 31.5 Å². The van der Waals surface area contributed by atoms with E-state index in [1.54, 1.807) is 17.0 Å². The minimum atomic E-state index is -0.398. The topological polar surface area (TPSA) is 75.5 Å². The number of rotatable bonds is 4. The van der Waals surface area contributed by atoms with Crippen LogP contribution in [-0.4, -0.2) is 31.0 Å². The molecule has 0 unspecified atom stereocenters. The molecule has 102 valence electrons. The number of aryl methyl sites for hydroxylation is 1. The van der Waals surface area contributed by atoms with Crippen molar-refractivity contribution in [3.8, 4) is 0 Å². The molecule has 1 aliphatic rings. The summed E-state index contributed by atoms with van der Waals surface area (Å²) in [5.41, 5.74) is 1.78. The van der Waals surface area contributed by atoms with E-state index in [0.717, 1.165) is 17.7 Å². The summed E-state index contributed by atoms with van der Waals surface area (Å²) in [6.07, 6.45) is 1.94. The molecule has 1 aromatic carbocycles. The van der Waals surface area contributed by atoms with Crippen LogP contribution in [-0.2, 0) is 11.2 Å². The van der Waals surface area contributed by atoms with E-state index in [1.165, 1.54) is 6.07 Å². The highest BCUT2D eigenvalue weighted by Gasteiger charge is 2.23. The van der Waals surface area contributed by atoms with E-state index < -0.39 is 4.92 Å². The SMILES string of the molecule is CNCCN1C(=O)CCCc2cc([N+](=O)[O-])ccc21. The fourth-order valence-corrected chi connectivity index (χ4v) is 2.32. The van der Waals surface area contributed by atoms with Gasteiger partial charge in [0.1, 0.15) is 0 Å². The Morgan fingerprint density at radius 2 is 2.21 bits per heavy atom. The number of hydrogen-bond acceptors (Lipinski definition) is 4. The van der Waals surface area contributed by atoms with Crippen molar-refractivity contribution >= 4 is 17.3 Å². The minimum Gasteiger partial charge on any atom is -0.318 e. The van der Waals surface area contributed by atoms with Crippen LogP contribution in [0.5, 0.6) is 0 Å². The average molecular weight is 263 g/mol. The van der Waals surface area contributed by atoms with Gasteiger partial charge in [-0.15, -0.1) is 0 Å². The first-order valence-corrected chi connectivity index (χ1v) is 6.36. The van der Waals surface area contributed by atoms with Crippen LogP contribution in [0.2, 0.25) is 0 Å². The van der Waals surface area contributed by atoms with Gasteiger partial charge in [-0.25, -0.2) is 0 Å². The van der Waals surface area contributed by atoms with Gasteiger partial charge >= 0.3 is 0 Å². The fraction of sp³-hybridized carbons (Fsp3) is 0.462. The van der Waals surface area contributed by atoms with Crippen LogP contribution in [0.1, 0.15) is 18.4 Å². The molecule has 0 aliphatic carbocycles. The van der Waals surface area contributed by atoms with E-state index in [2.05, 4.69) is 5.32 Å². The molecule has 0 saturated carbocycles. The molecular formula is C13H17N3O3. The highest BCUT2D eigenvalue weighted by atomic mass is 16.6. The fourth-order valence-electron chi connectivity index (χ4n) is 2.32. The first-order chi connectivity index (χ1) is 9.13. The van der Waals surface area contributed by atoms with Crippen molar-refractivity contribution in [2.45, 2.75) is 19.3 Å². The van der Waals surface area contributed by atoms with Gasteiger partial charge in [0.2, 0.25) is 5.91 Å². The number of nitro groups is 1. The van der Waals surface area contributed by atoms with Crippen molar-refractivity contribution in [1.82, 2.24) is 5.32 Å². The van der Waals surface area contributed by atoms with Gasteiger partial charge in [-0.3, -0.25) is 14.9 Å². The molecule has 6 heteroatoms. The van der Waals surface area contributed by atoms with Crippen LogP contribution in [0.25, 0.3) is 0 Å². The summed E-state index contributed by atoms with van der Waals surface area (Å²) in [4.78, 5) is 24.2. The minimum absolute atomic E-state index is 0.0849. The average Bonchev–Trinajstić information content (AvgIpc) is 2.54. The second-order valence-corrected chi connectivity index (χ2v) is 4.57. The van der Waals surface area contributed by atoms with Crippen LogP contribution >= 0.6 is 0 Å². The Kier molecular flexibility index (Phi) is 4.11. The Morgan fingerprint density at radius 3 is 2.89 bits per heavy atom. The zero-order valence-electron chi connectivity index (χ0n) is 10.9. The highest BCUT2D eigenvalue weighted by molar-refractivity contribution is 5.95. The van der Waals surface area contributed by atoms with Gasteiger partial charge in [-0.1, -0.05) is 0 Å². The molecule has 0 radical (unpaired) electrons. The zero-order chi connectivity index (χ0) is 13.8. The molecule has 0 bridgehead atoms. The first-order valence-electron chi connectivity index (χ1n) is 6.36. The molecule has 1 aliphatic heterocycles. The molecule has 1 heterocycles. The lowest BCUT2D eigenvalue weighted by Gasteiger charge is -2.22. The highest BCUT2D eigenvalue weighted by Crippen LogP contribution is 2.30. The predicted molar refractivity (Wildman–Crippen MR) is 72.3 cm³/mol. The summed E-state index contributed by atoms with van der Waals surface area (Å²) in [5.74, 6) is 0.0860. The van der Waals surface area contributed by atoms with Crippen molar-refractivity contribution < 1.29 is 9.72 Å². The van der Waals surface area contributed by atoms with E-state index in [0.29, 0.717) is 25.9 Å². The number of non-ortho nitro benzene ring substituents is 1. The zero-order valence-corrected chi connectivity index (χ0v) is 10.9. The third-order valence-electron chi connectivity index (χ3n) is 3.29. The maximum Gasteiger partial charge on any atom is 0.269 e. The third-order valence-corrected chi connectivity index (χ3v) is 3.29. The Hall–Kier alpha value is -1.95. The number of amides is 1. The quantitative estimate of drug-likeness (QED) is 0.659. The number of fused-ring (bicyclic) bond motifs is 1. The number of hydrogen-bond donors (Lipinski definition) is 1. The van der Waals surface area contributed by atoms with Gasteiger partial charge in [0, 0.05) is 37.3 Å². The van der Waals surface area contributed by atoms with Crippen LogP contribution in [0.15, 0.2) is 18.2 Å². The van der Waals surface area contributed by atoms with E-state index in [9.17, 15) is 14.9 Å². The molecule has 2 rings (SSSR count). The molecule has 0 fully saturated rings. The number of likely N-dealkylation sites (N-methyl/N-ethyl adjacent to an activating group) is 1. The van der Waals surface area contributed by atoms with Crippen molar-refractivity contribution in [1.29, 1.82) is 0 Å². The Labute approximate surface area is 111 Å². The second kappa shape index (κ2) is 5.79. The van der Waals surface area contributed by atoms with Crippen molar-refractivity contribution in [3.63, 3.8) is 0 Å². The standard InChI is InChI=1S/C13H17N3O3/c1-14-7-8-15-12-6-5-11(16(18)19)9-10(12)3-2-4-13(15)17/h5-6,9,14H,2-4,7-8H2,1H3. The lowest BCUT2D eigenvalue weighted by Crippen LogP contribution is -2.35. The summed E-state index contributed by atoms with van der Waals surface area (Å²) in [7, 11) is 1.83. The summed E-state index contributed by atoms with van der Waals surface area (Å²) in [6.45, 7) is 1.28. The van der Waals surface area contributed by atoms with E-state index in [1.807, 2.05) is 7.05 Å². The Bertz CT molecular complexity index is 502. The van der Waals surface area contributed by atoms with Crippen LogP contribution in [0, 0.1) is 10.1 Å². The summed E-state index contributed by atoms with van der Waals surface area (Å²) < 4.78 is 0. The van der Waals surface area contributed by atoms with Crippen LogP contribution in [0.4, 0.5) is 11.4 Å². The number of benzene rings is 1. The number of carbonyl (C=O) groups excluding carboxylic acids is 1. The molecule has 6 nitrogen and oxygen atoms in total. The van der Waals surface area contributed by atoms with Gasteiger partial charge in [0.05, 0.1) is 4.92 Å².